The number of aryl methyl sites for hydroxylation is 3. The minimum absolute atomic E-state index is 0.195. The third-order valence-electron chi connectivity index (χ3n) is 3.02. The molecule has 21 heavy (non-hydrogen) atoms. The number of hydrogen-bond donors (Lipinski definition) is 2. The lowest BCUT2D eigenvalue weighted by atomic mass is 10.1. The van der Waals surface area contributed by atoms with Crippen LogP contribution in [0.5, 0.6) is 0 Å². The largest absolute Gasteiger partial charge is 0.361 e. The second-order valence-electron chi connectivity index (χ2n) is 4.81. The highest BCUT2D eigenvalue weighted by Gasteiger charge is 2.18. The lowest BCUT2D eigenvalue weighted by Crippen LogP contribution is -2.31. The molecule has 0 unspecified atom stereocenters. The molecule has 7 nitrogen and oxygen atoms in total. The predicted octanol–water partition coefficient (Wildman–Crippen LogP) is 2.98. The van der Waals surface area contributed by atoms with Crippen molar-refractivity contribution in [3.8, 4) is 0 Å². The molecule has 0 fully saturated rings. The van der Waals surface area contributed by atoms with E-state index in [1.165, 1.54) is 11.3 Å². The summed E-state index contributed by atoms with van der Waals surface area (Å²) in [6.07, 6.45) is 1.88. The van der Waals surface area contributed by atoms with E-state index in [1.807, 2.05) is 20.8 Å². The lowest BCUT2D eigenvalue weighted by Gasteiger charge is -2.13. The quantitative estimate of drug-likeness (QED) is 0.885. The van der Waals surface area contributed by atoms with E-state index in [0.29, 0.717) is 10.9 Å². The number of nitrogens with zero attached hydrogens (tertiary/aromatic N) is 3. The maximum absolute atomic E-state index is 12.0. The number of anilines is 1. The SMILES string of the molecule is CCCc1nnc(NC(=O)N[C@@H](C)c2c(C)noc2C)s1. The van der Waals surface area contributed by atoms with Crippen LogP contribution in [-0.2, 0) is 6.42 Å². The summed E-state index contributed by atoms with van der Waals surface area (Å²) < 4.78 is 5.10. The van der Waals surface area contributed by atoms with Crippen LogP contribution in [0.25, 0.3) is 0 Å². The first-order chi connectivity index (χ1) is 10.0. The van der Waals surface area contributed by atoms with Crippen molar-refractivity contribution in [2.24, 2.45) is 0 Å². The zero-order chi connectivity index (χ0) is 15.4. The van der Waals surface area contributed by atoms with Crippen LogP contribution in [0, 0.1) is 13.8 Å². The Morgan fingerprint density at radius 2 is 2.14 bits per heavy atom. The van der Waals surface area contributed by atoms with Crippen LogP contribution in [0.1, 0.15) is 48.3 Å². The molecule has 2 heterocycles. The van der Waals surface area contributed by atoms with Crippen LogP contribution in [0.3, 0.4) is 0 Å². The Labute approximate surface area is 127 Å². The van der Waals surface area contributed by atoms with Crippen LogP contribution < -0.4 is 10.6 Å². The number of carbonyl (C=O) groups is 1. The maximum atomic E-state index is 12.0. The average molecular weight is 309 g/mol. The van der Waals surface area contributed by atoms with Gasteiger partial charge in [0.25, 0.3) is 0 Å². The molecule has 0 aromatic carbocycles. The number of rotatable bonds is 5. The molecular weight excluding hydrogens is 290 g/mol. The molecule has 0 saturated carbocycles. The molecule has 8 heteroatoms. The van der Waals surface area contributed by atoms with Crippen molar-refractivity contribution in [2.75, 3.05) is 5.32 Å². The first-order valence-corrected chi connectivity index (χ1v) is 7.65. The fourth-order valence-electron chi connectivity index (χ4n) is 2.13. The summed E-state index contributed by atoms with van der Waals surface area (Å²) in [6, 6.07) is -0.513. The summed E-state index contributed by atoms with van der Waals surface area (Å²) in [5, 5.41) is 18.8. The summed E-state index contributed by atoms with van der Waals surface area (Å²) >= 11 is 1.39. The van der Waals surface area contributed by atoms with Crippen LogP contribution in [0.2, 0.25) is 0 Å². The third kappa shape index (κ3) is 3.78. The fourth-order valence-corrected chi connectivity index (χ4v) is 2.97. The molecule has 0 spiro atoms. The predicted molar refractivity (Wildman–Crippen MR) is 80.5 cm³/mol. The summed E-state index contributed by atoms with van der Waals surface area (Å²) in [5.74, 6) is 0.710. The second-order valence-corrected chi connectivity index (χ2v) is 5.87. The van der Waals surface area contributed by atoms with Crippen LogP contribution in [0.4, 0.5) is 9.93 Å². The number of nitrogens with one attached hydrogen (secondary N) is 2. The summed E-state index contributed by atoms with van der Waals surface area (Å²) in [6.45, 7) is 7.64. The van der Waals surface area contributed by atoms with Gasteiger partial charge in [-0.2, -0.15) is 0 Å². The van der Waals surface area contributed by atoms with Gasteiger partial charge in [0.1, 0.15) is 10.8 Å². The molecule has 0 bridgehead atoms. The molecular formula is C13H19N5O2S. The normalized spacial score (nSPS) is 12.2. The Balaban J connectivity index is 1.95. The molecule has 0 saturated heterocycles. The minimum Gasteiger partial charge on any atom is -0.361 e. The van der Waals surface area contributed by atoms with Gasteiger partial charge < -0.3 is 9.84 Å². The van der Waals surface area contributed by atoms with Crippen LogP contribution >= 0.6 is 11.3 Å². The Bertz CT molecular complexity index is 602. The van der Waals surface area contributed by atoms with Gasteiger partial charge in [-0.15, -0.1) is 10.2 Å². The highest BCUT2D eigenvalue weighted by atomic mass is 32.1. The topological polar surface area (TPSA) is 92.9 Å². The van der Waals surface area contributed by atoms with Crippen molar-refractivity contribution in [3.05, 3.63) is 22.0 Å². The van der Waals surface area contributed by atoms with E-state index < -0.39 is 0 Å². The van der Waals surface area contributed by atoms with Gasteiger partial charge in [0.2, 0.25) is 5.13 Å². The zero-order valence-corrected chi connectivity index (χ0v) is 13.4. The van der Waals surface area contributed by atoms with Crippen molar-refractivity contribution < 1.29 is 9.32 Å². The Morgan fingerprint density at radius 1 is 1.38 bits per heavy atom. The van der Waals surface area contributed by atoms with E-state index in [9.17, 15) is 4.79 Å². The van der Waals surface area contributed by atoms with Gasteiger partial charge in [0.15, 0.2) is 0 Å². The third-order valence-corrected chi connectivity index (χ3v) is 3.92. The van der Waals surface area contributed by atoms with E-state index >= 15 is 0 Å². The molecule has 114 valence electrons. The van der Waals surface area contributed by atoms with Gasteiger partial charge in [0, 0.05) is 12.0 Å². The van der Waals surface area contributed by atoms with Crippen LogP contribution in [-0.4, -0.2) is 21.4 Å². The molecule has 2 N–H and O–H groups in total. The molecule has 0 aliphatic rings. The maximum Gasteiger partial charge on any atom is 0.321 e. The molecule has 0 radical (unpaired) electrons. The highest BCUT2D eigenvalue weighted by Crippen LogP contribution is 2.21. The summed E-state index contributed by atoms with van der Waals surface area (Å²) in [4.78, 5) is 12.0. The van der Waals surface area contributed by atoms with Crippen molar-refractivity contribution >= 4 is 22.5 Å². The number of amides is 2. The number of hydrogen-bond acceptors (Lipinski definition) is 6. The van der Waals surface area contributed by atoms with Crippen molar-refractivity contribution in [1.29, 1.82) is 0 Å². The van der Waals surface area contributed by atoms with Crippen molar-refractivity contribution in [2.45, 2.75) is 46.6 Å². The minimum atomic E-state index is -0.318. The van der Waals surface area contributed by atoms with Crippen molar-refractivity contribution in [3.63, 3.8) is 0 Å². The van der Waals surface area contributed by atoms with Gasteiger partial charge in [-0.1, -0.05) is 23.4 Å². The molecule has 0 aliphatic carbocycles. The van der Waals surface area contributed by atoms with Crippen molar-refractivity contribution in [1.82, 2.24) is 20.7 Å². The van der Waals surface area contributed by atoms with E-state index in [-0.39, 0.29) is 12.1 Å². The molecule has 1 atom stereocenters. The summed E-state index contributed by atoms with van der Waals surface area (Å²) in [7, 11) is 0. The van der Waals surface area contributed by atoms with Gasteiger partial charge in [0.05, 0.1) is 11.7 Å². The Morgan fingerprint density at radius 3 is 2.76 bits per heavy atom. The van der Waals surface area contributed by atoms with E-state index in [1.54, 1.807) is 0 Å². The monoisotopic (exact) mass is 309 g/mol. The number of carbonyl (C=O) groups excluding carboxylic acids is 1. The average Bonchev–Trinajstić information content (AvgIpc) is 2.97. The Hall–Kier alpha value is -1.96. The fraction of sp³-hybridized carbons (Fsp3) is 0.538. The van der Waals surface area contributed by atoms with Gasteiger partial charge in [-0.05, 0) is 27.2 Å². The highest BCUT2D eigenvalue weighted by molar-refractivity contribution is 7.15. The standard InChI is InChI=1S/C13H19N5O2S/c1-5-6-10-16-17-13(21-10)15-12(19)14-7(2)11-8(3)18-20-9(11)4/h7H,5-6H2,1-4H3,(H2,14,15,17,19)/t7-/m0/s1. The number of aromatic nitrogens is 3. The summed E-state index contributed by atoms with van der Waals surface area (Å²) in [5.41, 5.74) is 1.68. The van der Waals surface area contributed by atoms with E-state index in [4.69, 9.17) is 4.52 Å². The van der Waals surface area contributed by atoms with Gasteiger partial charge in [-0.25, -0.2) is 4.79 Å². The molecule has 0 aliphatic heterocycles. The first kappa shape index (κ1) is 15.4. The second kappa shape index (κ2) is 6.66. The molecule has 2 rings (SSSR count). The van der Waals surface area contributed by atoms with Crippen LogP contribution in [0.15, 0.2) is 4.52 Å². The smallest absolute Gasteiger partial charge is 0.321 e. The molecule has 2 amide bonds. The number of urea groups is 1. The molecule has 2 aromatic rings. The lowest BCUT2D eigenvalue weighted by molar-refractivity contribution is 0.249. The molecule has 2 aromatic heterocycles. The zero-order valence-electron chi connectivity index (χ0n) is 12.6. The van der Waals surface area contributed by atoms with E-state index in [2.05, 4.69) is 32.9 Å². The van der Waals surface area contributed by atoms with Gasteiger partial charge >= 0.3 is 6.03 Å². The first-order valence-electron chi connectivity index (χ1n) is 6.84. The van der Waals surface area contributed by atoms with E-state index in [0.717, 1.165) is 29.1 Å². The Kier molecular flexibility index (Phi) is 4.89. The van der Waals surface area contributed by atoms with Gasteiger partial charge in [-0.3, -0.25) is 5.32 Å².